The summed E-state index contributed by atoms with van der Waals surface area (Å²) in [6, 6.07) is 0.178. The van der Waals surface area contributed by atoms with Crippen molar-refractivity contribution >= 4 is 11.1 Å². The first-order valence-electron chi connectivity index (χ1n) is 6.27. The van der Waals surface area contributed by atoms with Gasteiger partial charge in [0, 0.05) is 6.04 Å². The first-order chi connectivity index (χ1) is 9.58. The topological polar surface area (TPSA) is 91.6 Å². The van der Waals surface area contributed by atoms with E-state index in [0.29, 0.717) is 23.4 Å². The van der Waals surface area contributed by atoms with Gasteiger partial charge in [0.2, 0.25) is 0 Å². The second kappa shape index (κ2) is 4.55. The van der Waals surface area contributed by atoms with Gasteiger partial charge in [-0.1, -0.05) is 5.16 Å². The fourth-order valence-electron chi connectivity index (χ4n) is 2.09. The summed E-state index contributed by atoms with van der Waals surface area (Å²) in [6.45, 7) is 6.04. The third-order valence-corrected chi connectivity index (χ3v) is 3.08. The summed E-state index contributed by atoms with van der Waals surface area (Å²) in [5.41, 5.74) is 0.610. The Morgan fingerprint density at radius 2 is 2.15 bits per heavy atom. The van der Waals surface area contributed by atoms with Gasteiger partial charge in [0.1, 0.15) is 23.9 Å². The zero-order chi connectivity index (χ0) is 14.3. The molecule has 0 fully saturated rings. The van der Waals surface area contributed by atoms with Crippen molar-refractivity contribution in [2.24, 2.45) is 0 Å². The SMILES string of the molecule is Cc1noc2ncn(Cc3ncnn3C(C)C)c(=O)c12. The predicted octanol–water partition coefficient (Wildman–Crippen LogP) is 0.914. The lowest BCUT2D eigenvalue weighted by Crippen LogP contribution is -2.23. The van der Waals surface area contributed by atoms with E-state index < -0.39 is 0 Å². The molecule has 20 heavy (non-hydrogen) atoms. The molecule has 0 N–H and O–H groups in total. The van der Waals surface area contributed by atoms with Crippen LogP contribution in [-0.4, -0.2) is 29.5 Å². The Balaban J connectivity index is 2.07. The Labute approximate surface area is 114 Å². The molecule has 8 heteroatoms. The monoisotopic (exact) mass is 274 g/mol. The fourth-order valence-corrected chi connectivity index (χ4v) is 2.09. The molecule has 8 nitrogen and oxygen atoms in total. The molecule has 0 bridgehead atoms. The van der Waals surface area contributed by atoms with E-state index in [1.54, 1.807) is 11.6 Å². The molecule has 0 aromatic carbocycles. The highest BCUT2D eigenvalue weighted by Crippen LogP contribution is 2.11. The van der Waals surface area contributed by atoms with Crippen molar-refractivity contribution < 1.29 is 4.52 Å². The number of nitrogens with zero attached hydrogens (tertiary/aromatic N) is 6. The summed E-state index contributed by atoms with van der Waals surface area (Å²) >= 11 is 0. The summed E-state index contributed by atoms with van der Waals surface area (Å²) in [6.07, 6.45) is 2.92. The molecule has 0 atom stereocenters. The van der Waals surface area contributed by atoms with Crippen molar-refractivity contribution in [1.82, 2.24) is 29.5 Å². The van der Waals surface area contributed by atoms with Crippen LogP contribution >= 0.6 is 0 Å². The van der Waals surface area contributed by atoms with E-state index in [1.807, 2.05) is 13.8 Å². The van der Waals surface area contributed by atoms with Crippen molar-refractivity contribution in [3.05, 3.63) is 34.5 Å². The van der Waals surface area contributed by atoms with Gasteiger partial charge in [-0.25, -0.2) is 14.6 Å². The van der Waals surface area contributed by atoms with Crippen LogP contribution in [0.5, 0.6) is 0 Å². The Hall–Kier alpha value is -2.51. The molecule has 0 unspecified atom stereocenters. The van der Waals surface area contributed by atoms with E-state index in [2.05, 4.69) is 20.2 Å². The molecule has 0 saturated carbocycles. The first-order valence-corrected chi connectivity index (χ1v) is 6.27. The van der Waals surface area contributed by atoms with Gasteiger partial charge in [-0.15, -0.1) is 0 Å². The molecule has 3 aromatic rings. The zero-order valence-corrected chi connectivity index (χ0v) is 11.4. The quantitative estimate of drug-likeness (QED) is 0.705. The molecule has 104 valence electrons. The second-order valence-electron chi connectivity index (χ2n) is 4.84. The average Bonchev–Trinajstić information content (AvgIpc) is 3.00. The van der Waals surface area contributed by atoms with E-state index in [4.69, 9.17) is 4.52 Å². The van der Waals surface area contributed by atoms with Crippen LogP contribution in [-0.2, 0) is 6.54 Å². The summed E-state index contributed by atoms with van der Waals surface area (Å²) < 4.78 is 8.23. The van der Waals surface area contributed by atoms with Crippen LogP contribution in [0.2, 0.25) is 0 Å². The molecule has 0 radical (unpaired) electrons. The molecule has 0 aliphatic rings. The van der Waals surface area contributed by atoms with Crippen LogP contribution in [0, 0.1) is 6.92 Å². The van der Waals surface area contributed by atoms with E-state index in [9.17, 15) is 4.79 Å². The highest BCUT2D eigenvalue weighted by Gasteiger charge is 2.14. The molecule has 0 saturated heterocycles. The third kappa shape index (κ3) is 1.89. The minimum absolute atomic E-state index is 0.178. The van der Waals surface area contributed by atoms with Crippen LogP contribution in [0.1, 0.15) is 31.4 Å². The standard InChI is InChI=1S/C12H14N6O2/c1-7(2)18-9(13-5-15-18)4-17-6-14-11-10(12(17)19)8(3)16-20-11/h5-7H,4H2,1-3H3. The van der Waals surface area contributed by atoms with E-state index >= 15 is 0 Å². The van der Waals surface area contributed by atoms with Gasteiger partial charge in [-0.2, -0.15) is 5.10 Å². The van der Waals surface area contributed by atoms with Crippen LogP contribution in [0.3, 0.4) is 0 Å². The van der Waals surface area contributed by atoms with Crippen molar-refractivity contribution in [3.8, 4) is 0 Å². The summed E-state index contributed by atoms with van der Waals surface area (Å²) in [4.78, 5) is 20.7. The van der Waals surface area contributed by atoms with E-state index in [-0.39, 0.29) is 17.3 Å². The normalized spacial score (nSPS) is 11.6. The summed E-state index contributed by atoms with van der Waals surface area (Å²) in [7, 11) is 0. The van der Waals surface area contributed by atoms with Crippen molar-refractivity contribution in [2.75, 3.05) is 0 Å². The van der Waals surface area contributed by atoms with Crippen LogP contribution in [0.15, 0.2) is 22.0 Å². The minimum atomic E-state index is -0.188. The molecule has 3 heterocycles. The Morgan fingerprint density at radius 1 is 1.35 bits per heavy atom. The molecule has 3 rings (SSSR count). The maximum atomic E-state index is 12.4. The fraction of sp³-hybridized carbons (Fsp3) is 0.417. The van der Waals surface area contributed by atoms with Gasteiger partial charge in [0.15, 0.2) is 0 Å². The lowest BCUT2D eigenvalue weighted by molar-refractivity contribution is 0.441. The number of aryl methyl sites for hydroxylation is 1. The smallest absolute Gasteiger partial charge is 0.267 e. The van der Waals surface area contributed by atoms with Gasteiger partial charge in [0.25, 0.3) is 11.3 Å². The number of fused-ring (bicyclic) bond motifs is 1. The highest BCUT2D eigenvalue weighted by molar-refractivity contribution is 5.73. The Morgan fingerprint density at radius 3 is 2.90 bits per heavy atom. The third-order valence-electron chi connectivity index (χ3n) is 3.08. The Kier molecular flexibility index (Phi) is 2.85. The summed E-state index contributed by atoms with van der Waals surface area (Å²) in [5.74, 6) is 0.706. The van der Waals surface area contributed by atoms with Crippen LogP contribution in [0.25, 0.3) is 11.1 Å². The van der Waals surface area contributed by atoms with Gasteiger partial charge < -0.3 is 4.52 Å². The van der Waals surface area contributed by atoms with Gasteiger partial charge in [0.05, 0.1) is 12.2 Å². The maximum Gasteiger partial charge on any atom is 0.267 e. The first kappa shape index (κ1) is 12.5. The lowest BCUT2D eigenvalue weighted by Gasteiger charge is -2.10. The van der Waals surface area contributed by atoms with Crippen LogP contribution in [0.4, 0.5) is 0 Å². The molecular weight excluding hydrogens is 260 g/mol. The van der Waals surface area contributed by atoms with Crippen molar-refractivity contribution in [3.63, 3.8) is 0 Å². The van der Waals surface area contributed by atoms with Crippen molar-refractivity contribution in [2.45, 2.75) is 33.4 Å². The second-order valence-corrected chi connectivity index (χ2v) is 4.84. The molecule has 0 spiro atoms. The number of hydrogen-bond acceptors (Lipinski definition) is 6. The van der Waals surface area contributed by atoms with E-state index in [1.165, 1.54) is 17.2 Å². The summed E-state index contributed by atoms with van der Waals surface area (Å²) in [5, 5.41) is 8.31. The van der Waals surface area contributed by atoms with Crippen molar-refractivity contribution in [1.29, 1.82) is 0 Å². The lowest BCUT2D eigenvalue weighted by atomic mass is 10.3. The molecule has 0 aliphatic heterocycles. The Bertz CT molecular complexity index is 813. The molecule has 0 amide bonds. The highest BCUT2D eigenvalue weighted by atomic mass is 16.5. The number of aromatic nitrogens is 6. The van der Waals surface area contributed by atoms with Gasteiger partial charge >= 0.3 is 0 Å². The van der Waals surface area contributed by atoms with Gasteiger partial charge in [-0.3, -0.25) is 9.36 Å². The molecule has 0 aliphatic carbocycles. The average molecular weight is 274 g/mol. The predicted molar refractivity (Wildman–Crippen MR) is 70.3 cm³/mol. The number of hydrogen-bond donors (Lipinski definition) is 0. The van der Waals surface area contributed by atoms with E-state index in [0.717, 1.165) is 0 Å². The largest absolute Gasteiger partial charge is 0.335 e. The maximum absolute atomic E-state index is 12.4. The molecular formula is C12H14N6O2. The van der Waals surface area contributed by atoms with Crippen LogP contribution < -0.4 is 5.56 Å². The zero-order valence-electron chi connectivity index (χ0n) is 11.4. The molecule has 3 aromatic heterocycles. The van der Waals surface area contributed by atoms with Gasteiger partial charge in [-0.05, 0) is 20.8 Å². The minimum Gasteiger partial charge on any atom is -0.335 e. The number of rotatable bonds is 3.